The molecule has 0 bridgehead atoms. The van der Waals surface area contributed by atoms with Crippen molar-refractivity contribution in [2.45, 2.75) is 45.6 Å². The van der Waals surface area contributed by atoms with Gasteiger partial charge in [-0.25, -0.2) is 0 Å². The van der Waals surface area contributed by atoms with E-state index in [4.69, 9.17) is 0 Å². The first kappa shape index (κ1) is 16.5. The number of nitrogens with zero attached hydrogens (tertiary/aromatic N) is 4. The van der Waals surface area contributed by atoms with Gasteiger partial charge in [0, 0.05) is 30.5 Å². The monoisotopic (exact) mass is 326 g/mol. The van der Waals surface area contributed by atoms with Crippen molar-refractivity contribution in [1.29, 1.82) is 0 Å². The van der Waals surface area contributed by atoms with E-state index in [1.54, 1.807) is 6.20 Å². The van der Waals surface area contributed by atoms with Crippen LogP contribution in [-0.4, -0.2) is 34.3 Å². The first-order valence-electron chi connectivity index (χ1n) is 8.83. The molecule has 0 radical (unpaired) electrons. The number of hydrogen-bond acceptors (Lipinski definition) is 6. The topological polar surface area (TPSA) is 66.0 Å². The smallest absolute Gasteiger partial charge is 0.244 e. The van der Waals surface area contributed by atoms with Crippen molar-refractivity contribution in [3.8, 4) is 0 Å². The van der Waals surface area contributed by atoms with Crippen LogP contribution in [0.2, 0.25) is 0 Å². The zero-order chi connectivity index (χ0) is 16.8. The summed E-state index contributed by atoms with van der Waals surface area (Å²) in [6, 6.07) is 8.84. The molecule has 128 valence electrons. The van der Waals surface area contributed by atoms with Crippen LogP contribution < -0.4 is 15.5 Å². The third-order valence-electron chi connectivity index (χ3n) is 4.41. The van der Waals surface area contributed by atoms with Gasteiger partial charge in [-0.3, -0.25) is 0 Å². The molecular weight excluding hydrogens is 300 g/mol. The Labute approximate surface area is 143 Å². The van der Waals surface area contributed by atoms with Gasteiger partial charge in [0.1, 0.15) is 0 Å². The second-order valence-electron chi connectivity index (χ2n) is 6.34. The highest BCUT2D eigenvalue weighted by atomic mass is 15.3. The van der Waals surface area contributed by atoms with Gasteiger partial charge in [0.05, 0.1) is 6.20 Å². The van der Waals surface area contributed by atoms with Gasteiger partial charge >= 0.3 is 0 Å². The second-order valence-corrected chi connectivity index (χ2v) is 6.34. The molecule has 1 saturated heterocycles. The minimum atomic E-state index is 0.325. The van der Waals surface area contributed by atoms with Gasteiger partial charge in [-0.15, -0.1) is 5.10 Å². The van der Waals surface area contributed by atoms with Crippen LogP contribution in [0.5, 0.6) is 0 Å². The summed E-state index contributed by atoms with van der Waals surface area (Å²) in [6.45, 7) is 6.54. The van der Waals surface area contributed by atoms with Crippen molar-refractivity contribution < 1.29 is 0 Å². The molecule has 2 aromatic rings. The molecule has 24 heavy (non-hydrogen) atoms. The lowest BCUT2D eigenvalue weighted by molar-refractivity contribution is 0.578. The molecule has 1 aromatic carbocycles. The molecule has 0 amide bonds. The zero-order valence-corrected chi connectivity index (χ0v) is 14.5. The fourth-order valence-electron chi connectivity index (χ4n) is 2.80. The maximum Gasteiger partial charge on any atom is 0.244 e. The number of nitrogens with one attached hydrogen (secondary N) is 2. The number of piperidine rings is 1. The molecule has 0 saturated carbocycles. The van der Waals surface area contributed by atoms with Crippen molar-refractivity contribution in [2.75, 3.05) is 28.6 Å². The Balaban J connectivity index is 1.64. The zero-order valence-electron chi connectivity index (χ0n) is 14.5. The quantitative estimate of drug-likeness (QED) is 0.841. The molecule has 3 rings (SSSR count). The highest BCUT2D eigenvalue weighted by Gasteiger charge is 2.10. The van der Waals surface area contributed by atoms with E-state index in [9.17, 15) is 0 Å². The van der Waals surface area contributed by atoms with Gasteiger partial charge in [0.25, 0.3) is 0 Å². The Morgan fingerprint density at radius 1 is 1.12 bits per heavy atom. The summed E-state index contributed by atoms with van der Waals surface area (Å²) in [5, 5.41) is 14.6. The number of benzene rings is 1. The normalized spacial score (nSPS) is 15.8. The summed E-state index contributed by atoms with van der Waals surface area (Å²) >= 11 is 0. The molecule has 0 aliphatic carbocycles. The van der Waals surface area contributed by atoms with Crippen LogP contribution in [0.25, 0.3) is 0 Å². The predicted octanol–water partition coefficient (Wildman–Crippen LogP) is 3.82. The maximum absolute atomic E-state index is 4.46. The summed E-state index contributed by atoms with van der Waals surface area (Å²) in [4.78, 5) is 6.91. The van der Waals surface area contributed by atoms with E-state index < -0.39 is 0 Å². The SMILES string of the molecule is CCC(C)Nc1nncc(Nc2ccc(N3CCCCC3)cc2)n1. The molecule has 1 aliphatic rings. The highest BCUT2D eigenvalue weighted by molar-refractivity contribution is 5.60. The summed E-state index contributed by atoms with van der Waals surface area (Å²) in [5.74, 6) is 1.25. The number of anilines is 4. The van der Waals surface area contributed by atoms with Gasteiger partial charge in [0.2, 0.25) is 5.95 Å². The molecule has 2 heterocycles. The van der Waals surface area contributed by atoms with Crippen molar-refractivity contribution >= 4 is 23.1 Å². The third-order valence-corrected chi connectivity index (χ3v) is 4.41. The second kappa shape index (κ2) is 7.95. The van der Waals surface area contributed by atoms with Crippen molar-refractivity contribution in [1.82, 2.24) is 15.2 Å². The van der Waals surface area contributed by atoms with E-state index in [0.29, 0.717) is 17.8 Å². The molecule has 0 spiro atoms. The lowest BCUT2D eigenvalue weighted by Crippen LogP contribution is -2.29. The largest absolute Gasteiger partial charge is 0.372 e. The van der Waals surface area contributed by atoms with E-state index in [2.05, 4.69) is 68.8 Å². The molecule has 2 N–H and O–H groups in total. The molecule has 6 nitrogen and oxygen atoms in total. The molecular formula is C18H26N6. The number of aromatic nitrogens is 3. The Morgan fingerprint density at radius 2 is 1.88 bits per heavy atom. The van der Waals surface area contributed by atoms with E-state index in [0.717, 1.165) is 25.2 Å². The minimum absolute atomic E-state index is 0.325. The Bertz CT molecular complexity index is 636. The van der Waals surface area contributed by atoms with Crippen LogP contribution in [0, 0.1) is 0 Å². The van der Waals surface area contributed by atoms with E-state index in [1.807, 2.05) is 0 Å². The average Bonchev–Trinajstić information content (AvgIpc) is 2.63. The lowest BCUT2D eigenvalue weighted by atomic mass is 10.1. The van der Waals surface area contributed by atoms with Crippen molar-refractivity contribution in [2.24, 2.45) is 0 Å². The Hall–Kier alpha value is -2.37. The van der Waals surface area contributed by atoms with Crippen LogP contribution in [0.3, 0.4) is 0 Å². The summed E-state index contributed by atoms with van der Waals surface area (Å²) in [6.07, 6.45) is 6.58. The summed E-state index contributed by atoms with van der Waals surface area (Å²) in [5.41, 5.74) is 2.30. The fourth-order valence-corrected chi connectivity index (χ4v) is 2.80. The van der Waals surface area contributed by atoms with E-state index in [-0.39, 0.29) is 0 Å². The molecule has 1 aliphatic heterocycles. The van der Waals surface area contributed by atoms with Gasteiger partial charge in [0.15, 0.2) is 5.82 Å². The average molecular weight is 326 g/mol. The highest BCUT2D eigenvalue weighted by Crippen LogP contribution is 2.23. The number of hydrogen-bond donors (Lipinski definition) is 2. The Morgan fingerprint density at radius 3 is 2.58 bits per heavy atom. The van der Waals surface area contributed by atoms with Gasteiger partial charge in [-0.2, -0.15) is 10.1 Å². The number of rotatable bonds is 6. The van der Waals surface area contributed by atoms with Crippen LogP contribution in [0.15, 0.2) is 30.5 Å². The third kappa shape index (κ3) is 4.34. The van der Waals surface area contributed by atoms with Crippen molar-refractivity contribution in [3.63, 3.8) is 0 Å². The van der Waals surface area contributed by atoms with Crippen LogP contribution in [0.1, 0.15) is 39.5 Å². The lowest BCUT2D eigenvalue weighted by Gasteiger charge is -2.28. The van der Waals surface area contributed by atoms with Crippen LogP contribution >= 0.6 is 0 Å². The Kier molecular flexibility index (Phi) is 5.46. The van der Waals surface area contributed by atoms with Crippen molar-refractivity contribution in [3.05, 3.63) is 30.5 Å². The summed E-state index contributed by atoms with van der Waals surface area (Å²) < 4.78 is 0. The van der Waals surface area contributed by atoms with Crippen LogP contribution in [0.4, 0.5) is 23.1 Å². The molecule has 1 atom stereocenters. The molecule has 6 heteroatoms. The standard InChI is InChI=1S/C18H26N6/c1-3-14(2)20-18-22-17(13-19-23-18)21-15-7-9-16(10-8-15)24-11-5-4-6-12-24/h7-10,13-14H,3-6,11-12H2,1-2H3,(H2,20,21,22,23). The molecule has 1 aromatic heterocycles. The maximum atomic E-state index is 4.46. The minimum Gasteiger partial charge on any atom is -0.372 e. The molecule has 1 unspecified atom stereocenters. The first-order valence-corrected chi connectivity index (χ1v) is 8.83. The summed E-state index contributed by atoms with van der Waals surface area (Å²) in [7, 11) is 0. The fraction of sp³-hybridized carbons (Fsp3) is 0.500. The van der Waals surface area contributed by atoms with E-state index >= 15 is 0 Å². The van der Waals surface area contributed by atoms with Gasteiger partial charge < -0.3 is 15.5 Å². The predicted molar refractivity (Wildman–Crippen MR) is 99.0 cm³/mol. The van der Waals surface area contributed by atoms with E-state index in [1.165, 1.54) is 24.9 Å². The first-order chi connectivity index (χ1) is 11.7. The molecule has 1 fully saturated rings. The van der Waals surface area contributed by atoms with Gasteiger partial charge in [-0.1, -0.05) is 6.92 Å². The van der Waals surface area contributed by atoms with Crippen LogP contribution in [-0.2, 0) is 0 Å². The van der Waals surface area contributed by atoms with Gasteiger partial charge in [-0.05, 0) is 56.9 Å².